The summed E-state index contributed by atoms with van der Waals surface area (Å²) >= 11 is 13.8. The molecule has 1 aromatic carbocycles. The molecule has 0 aliphatic rings. The fourth-order valence-electron chi connectivity index (χ4n) is 1.47. The molecule has 1 N–H and O–H groups in total. The minimum absolute atomic E-state index is 0.580. The maximum absolute atomic E-state index is 6.07. The highest BCUT2D eigenvalue weighted by Gasteiger charge is 2.07. The first-order valence-corrected chi connectivity index (χ1v) is 7.02. The zero-order chi connectivity index (χ0) is 12.3. The molecule has 2 aromatic rings. The molecule has 0 saturated carbocycles. The fourth-order valence-corrected chi connectivity index (χ4v) is 2.77. The van der Waals surface area contributed by atoms with E-state index in [4.69, 9.17) is 27.9 Å². The lowest BCUT2D eigenvalue weighted by atomic mass is 10.3. The van der Waals surface area contributed by atoms with E-state index in [0.29, 0.717) is 10.0 Å². The Morgan fingerprint density at radius 2 is 2.24 bits per heavy atom. The van der Waals surface area contributed by atoms with Crippen LogP contribution in [0.15, 0.2) is 12.1 Å². The molecule has 0 radical (unpaired) electrons. The summed E-state index contributed by atoms with van der Waals surface area (Å²) in [7, 11) is 1.70. The number of rotatable bonds is 5. The van der Waals surface area contributed by atoms with Crippen LogP contribution < -0.4 is 0 Å². The number of methoxy groups -OCH3 is 1. The second-order valence-electron chi connectivity index (χ2n) is 3.51. The van der Waals surface area contributed by atoms with Gasteiger partial charge in [-0.3, -0.25) is 0 Å². The average Bonchev–Trinajstić information content (AvgIpc) is 2.67. The fraction of sp³-hybridized carbons (Fsp3) is 0.364. The van der Waals surface area contributed by atoms with E-state index in [1.54, 1.807) is 24.9 Å². The van der Waals surface area contributed by atoms with Gasteiger partial charge in [-0.2, -0.15) is 11.8 Å². The molecule has 0 aliphatic heterocycles. The first-order valence-electron chi connectivity index (χ1n) is 5.11. The van der Waals surface area contributed by atoms with E-state index in [2.05, 4.69) is 9.97 Å². The molecule has 0 fully saturated rings. The van der Waals surface area contributed by atoms with Gasteiger partial charge in [0, 0.05) is 17.9 Å². The molecule has 92 valence electrons. The standard InChI is InChI=1S/C11H12Cl2N2OS/c1-16-2-3-17-6-10-14-9-5-7(12)4-8(13)11(9)15-10/h4-5H,2-3,6H2,1H3,(H,14,15). The summed E-state index contributed by atoms with van der Waals surface area (Å²) in [5.74, 6) is 2.67. The van der Waals surface area contributed by atoms with Gasteiger partial charge >= 0.3 is 0 Å². The lowest BCUT2D eigenvalue weighted by Gasteiger charge is -1.97. The van der Waals surface area contributed by atoms with Gasteiger partial charge in [-0.15, -0.1) is 0 Å². The van der Waals surface area contributed by atoms with Crippen molar-refractivity contribution in [2.24, 2.45) is 0 Å². The number of hydrogen-bond acceptors (Lipinski definition) is 3. The van der Waals surface area contributed by atoms with Gasteiger partial charge < -0.3 is 9.72 Å². The number of nitrogens with one attached hydrogen (secondary N) is 1. The van der Waals surface area contributed by atoms with Gasteiger partial charge in [-0.25, -0.2) is 4.98 Å². The third-order valence-corrected chi connectivity index (χ3v) is 3.66. The lowest BCUT2D eigenvalue weighted by molar-refractivity contribution is 0.218. The third kappa shape index (κ3) is 3.28. The van der Waals surface area contributed by atoms with Crippen molar-refractivity contribution in [1.82, 2.24) is 9.97 Å². The summed E-state index contributed by atoms with van der Waals surface area (Å²) in [6.07, 6.45) is 0. The van der Waals surface area contributed by atoms with Gasteiger partial charge in [-0.05, 0) is 12.1 Å². The number of aromatic nitrogens is 2. The molecule has 1 aromatic heterocycles. The maximum Gasteiger partial charge on any atom is 0.117 e. The zero-order valence-electron chi connectivity index (χ0n) is 9.30. The number of fused-ring (bicyclic) bond motifs is 1. The predicted octanol–water partition coefficient (Wildman–Crippen LogP) is 3.75. The van der Waals surface area contributed by atoms with Crippen molar-refractivity contribution in [3.63, 3.8) is 0 Å². The second kappa shape index (κ2) is 5.96. The first-order chi connectivity index (χ1) is 8.20. The number of nitrogens with zero attached hydrogens (tertiary/aromatic N) is 1. The van der Waals surface area contributed by atoms with Gasteiger partial charge in [-0.1, -0.05) is 23.2 Å². The minimum Gasteiger partial charge on any atom is -0.384 e. The van der Waals surface area contributed by atoms with Crippen LogP contribution >= 0.6 is 35.0 Å². The molecule has 1 heterocycles. The van der Waals surface area contributed by atoms with E-state index in [-0.39, 0.29) is 0 Å². The molecule has 0 amide bonds. The van der Waals surface area contributed by atoms with E-state index >= 15 is 0 Å². The molecule has 2 rings (SSSR count). The highest BCUT2D eigenvalue weighted by atomic mass is 35.5. The molecule has 0 unspecified atom stereocenters. The highest BCUT2D eigenvalue weighted by molar-refractivity contribution is 7.98. The van der Waals surface area contributed by atoms with Crippen molar-refractivity contribution in [3.05, 3.63) is 28.0 Å². The molecule has 6 heteroatoms. The Balaban J connectivity index is 2.12. The number of H-pyrrole nitrogens is 1. The molecule has 0 bridgehead atoms. The number of halogens is 2. The van der Waals surface area contributed by atoms with Crippen molar-refractivity contribution in [2.45, 2.75) is 5.75 Å². The van der Waals surface area contributed by atoms with Gasteiger partial charge in [0.2, 0.25) is 0 Å². The van der Waals surface area contributed by atoms with Crippen LogP contribution in [-0.2, 0) is 10.5 Å². The van der Waals surface area contributed by atoms with Crippen molar-refractivity contribution >= 4 is 46.0 Å². The summed E-state index contributed by atoms with van der Waals surface area (Å²) < 4.78 is 4.98. The van der Waals surface area contributed by atoms with Crippen LogP contribution in [0.5, 0.6) is 0 Å². The van der Waals surface area contributed by atoms with Crippen LogP contribution in [0.2, 0.25) is 10.0 Å². The van der Waals surface area contributed by atoms with E-state index in [9.17, 15) is 0 Å². The Hall–Kier alpha value is -0.420. The topological polar surface area (TPSA) is 37.9 Å². The van der Waals surface area contributed by atoms with Crippen molar-refractivity contribution in [1.29, 1.82) is 0 Å². The SMILES string of the molecule is COCCSCc1nc2c(Cl)cc(Cl)cc2[nH]1. The lowest BCUT2D eigenvalue weighted by Crippen LogP contribution is -1.93. The zero-order valence-corrected chi connectivity index (χ0v) is 11.6. The molecule has 0 atom stereocenters. The van der Waals surface area contributed by atoms with Crippen LogP contribution in [0.3, 0.4) is 0 Å². The van der Waals surface area contributed by atoms with Gasteiger partial charge in [0.15, 0.2) is 0 Å². The Kier molecular flexibility index (Phi) is 4.56. The van der Waals surface area contributed by atoms with E-state index in [1.807, 2.05) is 6.07 Å². The maximum atomic E-state index is 6.07. The summed E-state index contributed by atoms with van der Waals surface area (Å²) in [6.45, 7) is 0.747. The number of imidazole rings is 1. The molecular weight excluding hydrogens is 279 g/mol. The van der Waals surface area contributed by atoms with Crippen molar-refractivity contribution < 1.29 is 4.74 Å². The van der Waals surface area contributed by atoms with Gasteiger partial charge in [0.05, 0.1) is 22.9 Å². The normalized spacial score (nSPS) is 11.2. The van der Waals surface area contributed by atoms with Crippen LogP contribution in [0.4, 0.5) is 0 Å². The van der Waals surface area contributed by atoms with Crippen LogP contribution in [0.25, 0.3) is 11.0 Å². The number of hydrogen-bond donors (Lipinski definition) is 1. The quantitative estimate of drug-likeness (QED) is 0.853. The number of aromatic amines is 1. The van der Waals surface area contributed by atoms with Gasteiger partial charge in [0.1, 0.15) is 11.3 Å². The van der Waals surface area contributed by atoms with E-state index in [0.717, 1.165) is 35.0 Å². The minimum atomic E-state index is 0.580. The smallest absolute Gasteiger partial charge is 0.117 e. The van der Waals surface area contributed by atoms with Gasteiger partial charge in [0.25, 0.3) is 0 Å². The third-order valence-electron chi connectivity index (χ3n) is 2.22. The van der Waals surface area contributed by atoms with E-state index in [1.165, 1.54) is 0 Å². The number of benzene rings is 1. The first kappa shape index (κ1) is 13.0. The summed E-state index contributed by atoms with van der Waals surface area (Å²) in [4.78, 5) is 7.66. The second-order valence-corrected chi connectivity index (χ2v) is 5.46. The Bertz CT molecular complexity index is 515. The van der Waals surface area contributed by atoms with Crippen LogP contribution in [0.1, 0.15) is 5.82 Å². The molecular formula is C11H12Cl2N2OS. The van der Waals surface area contributed by atoms with Crippen molar-refractivity contribution in [2.75, 3.05) is 19.5 Å². The largest absolute Gasteiger partial charge is 0.384 e. The summed E-state index contributed by atoms with van der Waals surface area (Å²) in [6, 6.07) is 3.53. The molecule has 3 nitrogen and oxygen atoms in total. The average molecular weight is 291 g/mol. The molecule has 0 saturated heterocycles. The molecule has 0 aliphatic carbocycles. The van der Waals surface area contributed by atoms with Crippen LogP contribution in [0, 0.1) is 0 Å². The number of thioether (sulfide) groups is 1. The van der Waals surface area contributed by atoms with Crippen molar-refractivity contribution in [3.8, 4) is 0 Å². The predicted molar refractivity (Wildman–Crippen MR) is 74.2 cm³/mol. The molecule has 0 spiro atoms. The highest BCUT2D eigenvalue weighted by Crippen LogP contribution is 2.26. The van der Waals surface area contributed by atoms with E-state index < -0.39 is 0 Å². The van der Waals surface area contributed by atoms with Crippen LogP contribution in [-0.4, -0.2) is 29.4 Å². The summed E-state index contributed by atoms with van der Waals surface area (Å²) in [5.41, 5.74) is 1.66. The Morgan fingerprint density at radius 3 is 3.00 bits per heavy atom. The Morgan fingerprint density at radius 1 is 1.41 bits per heavy atom. The monoisotopic (exact) mass is 290 g/mol. The number of ether oxygens (including phenoxy) is 1. The Labute approximate surface area is 114 Å². The molecule has 17 heavy (non-hydrogen) atoms. The summed E-state index contributed by atoms with van der Waals surface area (Å²) in [5, 5.41) is 1.20.